The summed E-state index contributed by atoms with van der Waals surface area (Å²) in [5.41, 5.74) is 1.95. The molecule has 1 amide bonds. The van der Waals surface area contributed by atoms with E-state index < -0.39 is 12.8 Å². The number of amides is 1. The maximum absolute atomic E-state index is 12.7. The highest BCUT2D eigenvalue weighted by atomic mass is 32.1. The van der Waals surface area contributed by atoms with Crippen LogP contribution < -0.4 is 10.1 Å². The molecule has 6 nitrogen and oxygen atoms in total. The van der Waals surface area contributed by atoms with Gasteiger partial charge in [0.25, 0.3) is 5.91 Å². The Labute approximate surface area is 169 Å². The molecule has 1 N–H and O–H groups in total. The number of fused-ring (bicyclic) bond motifs is 1. The Morgan fingerprint density at radius 2 is 2.03 bits per heavy atom. The second-order valence-electron chi connectivity index (χ2n) is 6.37. The molecule has 0 aliphatic carbocycles. The number of nitrogens with one attached hydrogen (secondary N) is 1. The van der Waals surface area contributed by atoms with Crippen LogP contribution in [0.4, 0.5) is 13.2 Å². The molecule has 3 aromatic rings. The predicted octanol–water partition coefficient (Wildman–Crippen LogP) is 4.14. The number of alkyl halides is 3. The number of carbonyl (C=O) groups is 1. The van der Waals surface area contributed by atoms with Crippen molar-refractivity contribution in [1.82, 2.24) is 20.3 Å². The highest BCUT2D eigenvalue weighted by Gasteiger charge is 2.29. The van der Waals surface area contributed by atoms with Gasteiger partial charge >= 0.3 is 6.18 Å². The van der Waals surface area contributed by atoms with E-state index in [-0.39, 0.29) is 18.3 Å². The molecule has 0 aromatic carbocycles. The molecule has 0 radical (unpaired) electrons. The molecule has 29 heavy (non-hydrogen) atoms. The van der Waals surface area contributed by atoms with Crippen LogP contribution in [-0.4, -0.2) is 33.6 Å². The highest BCUT2D eigenvalue weighted by Crippen LogP contribution is 2.31. The van der Waals surface area contributed by atoms with Gasteiger partial charge < -0.3 is 10.1 Å². The van der Waals surface area contributed by atoms with Gasteiger partial charge in [0, 0.05) is 35.8 Å². The first kappa shape index (κ1) is 21.0. The molecule has 3 aromatic heterocycles. The van der Waals surface area contributed by atoms with Crippen LogP contribution in [0.5, 0.6) is 5.88 Å². The number of hydrogen-bond acceptors (Lipinski definition) is 6. The summed E-state index contributed by atoms with van der Waals surface area (Å²) in [6, 6.07) is 3.12. The van der Waals surface area contributed by atoms with E-state index in [9.17, 15) is 18.0 Å². The van der Waals surface area contributed by atoms with Crippen LogP contribution in [-0.2, 0) is 13.0 Å². The SMILES string of the molecule is CCc1nc(C)c2c(C)c(C(=O)NCc3cccnc3OCC(F)(F)F)sc2n1. The van der Waals surface area contributed by atoms with Crippen molar-refractivity contribution < 1.29 is 22.7 Å². The molecular weight excluding hydrogens is 405 g/mol. The summed E-state index contributed by atoms with van der Waals surface area (Å²) in [6.45, 7) is 4.21. The Kier molecular flexibility index (Phi) is 6.02. The van der Waals surface area contributed by atoms with E-state index in [4.69, 9.17) is 4.74 Å². The lowest BCUT2D eigenvalue weighted by atomic mass is 10.1. The standard InChI is InChI=1S/C19H19F3N4O2S/c1-4-13-25-11(3)14-10(2)15(29-18(14)26-13)16(27)24-8-12-6-5-7-23-17(12)28-9-19(20,21)22/h5-7H,4,8-9H2,1-3H3,(H,24,27). The number of ether oxygens (including phenoxy) is 1. The van der Waals surface area contributed by atoms with Crippen LogP contribution in [0.25, 0.3) is 10.2 Å². The summed E-state index contributed by atoms with van der Waals surface area (Å²) in [5, 5.41) is 3.58. The van der Waals surface area contributed by atoms with Gasteiger partial charge in [0.15, 0.2) is 6.61 Å². The summed E-state index contributed by atoms with van der Waals surface area (Å²) in [4.78, 5) is 26.7. The topological polar surface area (TPSA) is 77.0 Å². The molecule has 0 atom stereocenters. The van der Waals surface area contributed by atoms with Crippen molar-refractivity contribution in [3.05, 3.63) is 45.9 Å². The maximum Gasteiger partial charge on any atom is 0.422 e. The summed E-state index contributed by atoms with van der Waals surface area (Å²) in [5.74, 6) is 0.214. The van der Waals surface area contributed by atoms with Gasteiger partial charge in [-0.3, -0.25) is 4.79 Å². The minimum atomic E-state index is -4.47. The minimum absolute atomic E-state index is 0.0155. The summed E-state index contributed by atoms with van der Waals surface area (Å²) >= 11 is 1.27. The first-order valence-corrected chi connectivity index (χ1v) is 9.69. The van der Waals surface area contributed by atoms with Crippen molar-refractivity contribution >= 4 is 27.5 Å². The molecule has 0 aliphatic rings. The van der Waals surface area contributed by atoms with E-state index in [1.54, 1.807) is 12.1 Å². The van der Waals surface area contributed by atoms with Gasteiger partial charge in [-0.25, -0.2) is 15.0 Å². The Morgan fingerprint density at radius 3 is 2.72 bits per heavy atom. The van der Waals surface area contributed by atoms with E-state index in [1.807, 2.05) is 20.8 Å². The zero-order chi connectivity index (χ0) is 21.2. The van der Waals surface area contributed by atoms with Crippen molar-refractivity contribution in [3.63, 3.8) is 0 Å². The Morgan fingerprint density at radius 1 is 1.28 bits per heavy atom. The third-order valence-electron chi connectivity index (χ3n) is 4.20. The monoisotopic (exact) mass is 424 g/mol. The molecule has 0 saturated heterocycles. The molecule has 154 valence electrons. The second-order valence-corrected chi connectivity index (χ2v) is 7.37. The maximum atomic E-state index is 12.7. The lowest BCUT2D eigenvalue weighted by Crippen LogP contribution is -2.24. The van der Waals surface area contributed by atoms with Crippen LogP contribution in [0, 0.1) is 13.8 Å². The number of hydrogen-bond donors (Lipinski definition) is 1. The van der Waals surface area contributed by atoms with Gasteiger partial charge in [0.1, 0.15) is 10.7 Å². The third-order valence-corrected chi connectivity index (χ3v) is 5.39. The van der Waals surface area contributed by atoms with Crippen LogP contribution in [0.15, 0.2) is 18.3 Å². The zero-order valence-electron chi connectivity index (χ0n) is 16.1. The second kappa shape index (κ2) is 8.32. The summed E-state index contributed by atoms with van der Waals surface area (Å²) in [6.07, 6.45) is -2.45. The number of halogens is 3. The fourth-order valence-corrected chi connectivity index (χ4v) is 4.03. The average Bonchev–Trinajstić information content (AvgIpc) is 3.01. The van der Waals surface area contributed by atoms with Crippen LogP contribution in [0.2, 0.25) is 0 Å². The molecule has 0 bridgehead atoms. The fraction of sp³-hybridized carbons (Fsp3) is 0.368. The van der Waals surface area contributed by atoms with Gasteiger partial charge in [-0.1, -0.05) is 13.0 Å². The first-order valence-electron chi connectivity index (χ1n) is 8.88. The van der Waals surface area contributed by atoms with Crippen LogP contribution in [0.1, 0.15) is 39.2 Å². The minimum Gasteiger partial charge on any atom is -0.468 e. The number of pyridine rings is 1. The van der Waals surface area contributed by atoms with Gasteiger partial charge in [0.05, 0.1) is 4.88 Å². The Bertz CT molecular complexity index is 1050. The van der Waals surface area contributed by atoms with Crippen LogP contribution in [0.3, 0.4) is 0 Å². The van der Waals surface area contributed by atoms with E-state index in [1.165, 1.54) is 17.5 Å². The summed E-state index contributed by atoms with van der Waals surface area (Å²) in [7, 11) is 0. The number of rotatable bonds is 6. The number of aromatic nitrogens is 3. The predicted molar refractivity (Wildman–Crippen MR) is 103 cm³/mol. The molecule has 3 rings (SSSR count). The molecule has 0 spiro atoms. The van der Waals surface area contributed by atoms with Crippen LogP contribution >= 0.6 is 11.3 Å². The quantitative estimate of drug-likeness (QED) is 0.644. The molecule has 0 aliphatic heterocycles. The van der Waals surface area contributed by atoms with Gasteiger partial charge in [-0.15, -0.1) is 11.3 Å². The van der Waals surface area contributed by atoms with Gasteiger partial charge in [-0.2, -0.15) is 13.2 Å². The molecule has 0 unspecified atom stereocenters. The Balaban J connectivity index is 1.78. The molecule has 10 heteroatoms. The smallest absolute Gasteiger partial charge is 0.422 e. The van der Waals surface area contributed by atoms with Crippen molar-refractivity contribution in [2.45, 2.75) is 39.9 Å². The van der Waals surface area contributed by atoms with Crippen molar-refractivity contribution in [2.75, 3.05) is 6.61 Å². The lowest BCUT2D eigenvalue weighted by molar-refractivity contribution is -0.154. The lowest BCUT2D eigenvalue weighted by Gasteiger charge is -2.12. The van der Waals surface area contributed by atoms with E-state index in [2.05, 4.69) is 20.3 Å². The molecular formula is C19H19F3N4O2S. The van der Waals surface area contributed by atoms with Crippen molar-refractivity contribution in [1.29, 1.82) is 0 Å². The molecule has 0 saturated carbocycles. The van der Waals surface area contributed by atoms with Crippen molar-refractivity contribution in [3.8, 4) is 5.88 Å². The largest absolute Gasteiger partial charge is 0.468 e. The molecule has 3 heterocycles. The van der Waals surface area contributed by atoms with Crippen molar-refractivity contribution in [2.24, 2.45) is 0 Å². The zero-order valence-corrected chi connectivity index (χ0v) is 16.9. The summed E-state index contributed by atoms with van der Waals surface area (Å²) < 4.78 is 42.0. The number of nitrogens with zero attached hydrogens (tertiary/aromatic N) is 3. The van der Waals surface area contributed by atoms with E-state index in [0.29, 0.717) is 22.7 Å². The number of carbonyl (C=O) groups excluding carboxylic acids is 1. The highest BCUT2D eigenvalue weighted by molar-refractivity contribution is 7.20. The van der Waals surface area contributed by atoms with Gasteiger partial charge in [0.2, 0.25) is 5.88 Å². The third kappa shape index (κ3) is 4.81. The van der Waals surface area contributed by atoms with E-state index >= 15 is 0 Å². The first-order chi connectivity index (χ1) is 13.7. The normalized spacial score (nSPS) is 11.7. The van der Waals surface area contributed by atoms with E-state index in [0.717, 1.165) is 21.5 Å². The number of aryl methyl sites for hydroxylation is 3. The Hall–Kier alpha value is -2.75. The molecule has 0 fully saturated rings. The average molecular weight is 424 g/mol. The number of thiophene rings is 1. The fourth-order valence-electron chi connectivity index (χ4n) is 2.86. The van der Waals surface area contributed by atoms with Gasteiger partial charge in [-0.05, 0) is 25.5 Å².